The van der Waals surface area contributed by atoms with E-state index in [1.165, 1.54) is 0 Å². The van der Waals surface area contributed by atoms with Crippen LogP contribution in [0, 0.1) is 5.92 Å². The van der Waals surface area contributed by atoms with E-state index in [9.17, 15) is 4.79 Å². The lowest BCUT2D eigenvalue weighted by Gasteiger charge is -1.78. The number of primary amides is 1. The lowest BCUT2D eigenvalue weighted by atomic mass is 10.3. The fraction of sp³-hybridized carbons (Fsp3) is 0.600. The van der Waals surface area contributed by atoms with Crippen molar-refractivity contribution in [1.29, 1.82) is 0 Å². The molecule has 0 aliphatic carbocycles. The number of amides is 1. The second-order valence-electron chi connectivity index (χ2n) is 1.52. The highest BCUT2D eigenvalue weighted by atomic mass is 16.1. The van der Waals surface area contributed by atoms with Gasteiger partial charge >= 0.3 is 0 Å². The molecule has 0 atom stereocenters. The van der Waals surface area contributed by atoms with Gasteiger partial charge in [0.2, 0.25) is 6.41 Å². The van der Waals surface area contributed by atoms with Crippen LogP contribution in [0.2, 0.25) is 0 Å². The van der Waals surface area contributed by atoms with Crippen molar-refractivity contribution in [3.8, 4) is 0 Å². The Morgan fingerprint density at radius 3 is 1.50 bits per heavy atom. The molecule has 0 aromatic heterocycles. The summed E-state index contributed by atoms with van der Waals surface area (Å²) in [5, 5.41) is 0. The molecule has 1 amide bonds. The number of hydrogen-bond acceptors (Lipinski definition) is 2. The Hall–Kier alpha value is -0.860. The minimum Gasteiger partial charge on any atom is -0.372 e. The Kier molecular flexibility index (Phi) is 12.1. The van der Waals surface area contributed by atoms with Gasteiger partial charge in [0.1, 0.15) is 6.29 Å². The molecule has 0 aliphatic heterocycles. The largest absolute Gasteiger partial charge is 0.372 e. The molecule has 0 unspecified atom stereocenters. The molecule has 0 spiro atoms. The molecule has 3 nitrogen and oxygen atoms in total. The molecule has 48 valence electrons. The first-order chi connectivity index (χ1) is 3.68. The molecular formula is C5H11NO2. The van der Waals surface area contributed by atoms with Crippen molar-refractivity contribution >= 4 is 12.7 Å². The maximum Gasteiger partial charge on any atom is 0.204 e. The smallest absolute Gasteiger partial charge is 0.204 e. The van der Waals surface area contributed by atoms with E-state index < -0.39 is 0 Å². The van der Waals surface area contributed by atoms with Crippen LogP contribution in [0.15, 0.2) is 0 Å². The van der Waals surface area contributed by atoms with Gasteiger partial charge in [-0.05, 0) is 0 Å². The van der Waals surface area contributed by atoms with E-state index in [-0.39, 0.29) is 12.3 Å². The van der Waals surface area contributed by atoms with Crippen molar-refractivity contribution in [3.63, 3.8) is 0 Å². The van der Waals surface area contributed by atoms with Crippen LogP contribution in [-0.4, -0.2) is 12.7 Å². The van der Waals surface area contributed by atoms with E-state index in [0.29, 0.717) is 0 Å². The van der Waals surface area contributed by atoms with Gasteiger partial charge in [-0.25, -0.2) is 0 Å². The molecule has 0 aliphatic rings. The molecule has 0 radical (unpaired) electrons. The van der Waals surface area contributed by atoms with Crippen LogP contribution in [0.5, 0.6) is 0 Å². The molecule has 0 saturated carbocycles. The summed E-state index contributed by atoms with van der Waals surface area (Å²) in [5.41, 5.74) is 4.17. The third-order valence-corrected chi connectivity index (χ3v) is 0.272. The number of nitrogens with two attached hydrogens (primary N) is 1. The van der Waals surface area contributed by atoms with Crippen LogP contribution < -0.4 is 5.73 Å². The molecule has 0 heterocycles. The average molecular weight is 117 g/mol. The van der Waals surface area contributed by atoms with Gasteiger partial charge in [0.25, 0.3) is 0 Å². The maximum atomic E-state index is 9.50. The standard InChI is InChI=1S/C4H8O.CH3NO/c1-4(2)3-5;2-1-3/h3-4H,1-2H3;1H,(H2,2,3). The molecule has 0 rings (SSSR count). The summed E-state index contributed by atoms with van der Waals surface area (Å²) in [6.45, 7) is 3.71. The Bertz CT molecular complexity index is 61.4. The first-order valence-corrected chi connectivity index (χ1v) is 2.29. The molecule has 0 fully saturated rings. The van der Waals surface area contributed by atoms with Crippen molar-refractivity contribution in [2.45, 2.75) is 13.8 Å². The summed E-state index contributed by atoms with van der Waals surface area (Å²) < 4.78 is 0. The Morgan fingerprint density at radius 1 is 1.38 bits per heavy atom. The predicted octanol–water partition coefficient (Wildman–Crippen LogP) is -0.0572. The zero-order chi connectivity index (χ0) is 6.99. The summed E-state index contributed by atoms with van der Waals surface area (Å²) >= 11 is 0. The highest BCUT2D eigenvalue weighted by molar-refractivity contribution is 5.51. The van der Waals surface area contributed by atoms with Crippen LogP contribution in [0.3, 0.4) is 0 Å². The number of hydrogen-bond donors (Lipinski definition) is 1. The molecule has 0 saturated heterocycles. The third kappa shape index (κ3) is 67.8. The molecule has 2 N–H and O–H groups in total. The van der Waals surface area contributed by atoms with Crippen LogP contribution in [0.25, 0.3) is 0 Å². The van der Waals surface area contributed by atoms with Crippen molar-refractivity contribution in [3.05, 3.63) is 0 Å². The van der Waals surface area contributed by atoms with E-state index in [0.717, 1.165) is 6.29 Å². The summed E-state index contributed by atoms with van der Waals surface area (Å²) in [7, 11) is 0. The highest BCUT2D eigenvalue weighted by Gasteiger charge is 1.79. The Morgan fingerprint density at radius 2 is 1.50 bits per heavy atom. The minimum atomic E-state index is 0.204. The van der Waals surface area contributed by atoms with Crippen LogP contribution in [0.1, 0.15) is 13.8 Å². The fourth-order valence-corrected chi connectivity index (χ4v) is 0. The van der Waals surface area contributed by atoms with Crippen LogP contribution >= 0.6 is 0 Å². The number of carbonyl (C=O) groups excluding carboxylic acids is 2. The molecule has 0 aromatic carbocycles. The number of carbonyl (C=O) groups is 2. The highest BCUT2D eigenvalue weighted by Crippen LogP contribution is 1.78. The lowest BCUT2D eigenvalue weighted by molar-refractivity contribution is -0.110. The molecule has 0 aromatic rings. The maximum absolute atomic E-state index is 9.50. The molecule has 0 bridgehead atoms. The van der Waals surface area contributed by atoms with E-state index in [1.807, 2.05) is 13.8 Å². The summed E-state index contributed by atoms with van der Waals surface area (Å²) in [5.74, 6) is 0.204. The summed E-state index contributed by atoms with van der Waals surface area (Å²) in [6, 6.07) is 0. The molecular weight excluding hydrogens is 106 g/mol. The average Bonchev–Trinajstić information content (AvgIpc) is 1.69. The van der Waals surface area contributed by atoms with Crippen LogP contribution in [-0.2, 0) is 9.59 Å². The Balaban J connectivity index is 0. The van der Waals surface area contributed by atoms with Crippen LogP contribution in [0.4, 0.5) is 0 Å². The minimum absolute atomic E-state index is 0.204. The lowest BCUT2D eigenvalue weighted by Crippen LogP contribution is -1.82. The second kappa shape index (κ2) is 9.46. The van der Waals surface area contributed by atoms with E-state index in [2.05, 4.69) is 5.73 Å². The van der Waals surface area contributed by atoms with Crippen molar-refractivity contribution in [2.75, 3.05) is 0 Å². The van der Waals surface area contributed by atoms with Gasteiger partial charge in [0.05, 0.1) is 0 Å². The summed E-state index contributed by atoms with van der Waals surface area (Å²) in [6.07, 6.45) is 1.17. The summed E-state index contributed by atoms with van der Waals surface area (Å²) in [4.78, 5) is 18.1. The van der Waals surface area contributed by atoms with Gasteiger partial charge in [-0.3, -0.25) is 4.79 Å². The number of rotatable bonds is 1. The fourth-order valence-electron chi connectivity index (χ4n) is 0. The van der Waals surface area contributed by atoms with Gasteiger partial charge in [0.15, 0.2) is 0 Å². The Labute approximate surface area is 48.9 Å². The van der Waals surface area contributed by atoms with Gasteiger partial charge < -0.3 is 10.5 Å². The van der Waals surface area contributed by atoms with Crippen molar-refractivity contribution in [1.82, 2.24) is 0 Å². The molecule has 3 heteroatoms. The number of aldehydes is 1. The molecule has 8 heavy (non-hydrogen) atoms. The van der Waals surface area contributed by atoms with E-state index in [4.69, 9.17) is 4.79 Å². The second-order valence-corrected chi connectivity index (χ2v) is 1.52. The third-order valence-electron chi connectivity index (χ3n) is 0.272. The van der Waals surface area contributed by atoms with Gasteiger partial charge in [0, 0.05) is 5.92 Å². The zero-order valence-corrected chi connectivity index (χ0v) is 5.13. The van der Waals surface area contributed by atoms with Gasteiger partial charge in [-0.15, -0.1) is 0 Å². The SMILES string of the molecule is CC(C)C=O.NC=O. The van der Waals surface area contributed by atoms with Gasteiger partial charge in [-0.1, -0.05) is 13.8 Å². The van der Waals surface area contributed by atoms with Crippen molar-refractivity contribution < 1.29 is 9.59 Å². The van der Waals surface area contributed by atoms with Crippen molar-refractivity contribution in [2.24, 2.45) is 11.7 Å². The predicted molar refractivity (Wildman–Crippen MR) is 31.2 cm³/mol. The normalized spacial score (nSPS) is 6.88. The first-order valence-electron chi connectivity index (χ1n) is 2.29. The quantitative estimate of drug-likeness (QED) is 0.489. The van der Waals surface area contributed by atoms with E-state index in [1.54, 1.807) is 0 Å². The topological polar surface area (TPSA) is 60.2 Å². The van der Waals surface area contributed by atoms with Gasteiger partial charge in [-0.2, -0.15) is 0 Å². The first kappa shape index (κ1) is 10.2. The monoisotopic (exact) mass is 117 g/mol. The van der Waals surface area contributed by atoms with E-state index >= 15 is 0 Å². The zero-order valence-electron chi connectivity index (χ0n) is 5.13.